The third kappa shape index (κ3) is 1.85. The van der Waals surface area contributed by atoms with Gasteiger partial charge in [0.1, 0.15) is 0 Å². The summed E-state index contributed by atoms with van der Waals surface area (Å²) in [6.45, 7) is 1.92. The van der Waals surface area contributed by atoms with Crippen LogP contribution in [-0.4, -0.2) is 30.0 Å². The second kappa shape index (κ2) is 4.17. The van der Waals surface area contributed by atoms with Crippen molar-refractivity contribution in [3.8, 4) is 0 Å². The van der Waals surface area contributed by atoms with Crippen molar-refractivity contribution in [3.63, 3.8) is 0 Å². The van der Waals surface area contributed by atoms with Gasteiger partial charge in [0.15, 0.2) is 0 Å². The maximum Gasteiger partial charge on any atom is 0.0454 e. The molecule has 0 aliphatic carbocycles. The minimum absolute atomic E-state index is 0.530. The van der Waals surface area contributed by atoms with Gasteiger partial charge in [0, 0.05) is 24.3 Å². The van der Waals surface area contributed by atoms with Crippen LogP contribution in [0.1, 0.15) is 18.0 Å². The van der Waals surface area contributed by atoms with Crippen LogP contribution in [0.5, 0.6) is 0 Å². The summed E-state index contributed by atoms with van der Waals surface area (Å²) in [5.41, 5.74) is 8.40. The Kier molecular flexibility index (Phi) is 2.65. The van der Waals surface area contributed by atoms with Crippen molar-refractivity contribution in [1.82, 2.24) is 9.88 Å². The maximum absolute atomic E-state index is 5.78. The lowest BCUT2D eigenvalue weighted by Crippen LogP contribution is -2.20. The van der Waals surface area contributed by atoms with Crippen molar-refractivity contribution >= 4 is 10.9 Å². The number of likely N-dealkylation sites (tertiary alicyclic amines) is 1. The molecule has 1 aliphatic rings. The van der Waals surface area contributed by atoms with Gasteiger partial charge in [-0.05, 0) is 55.1 Å². The number of nitrogens with one attached hydrogen (secondary N) is 1. The number of aromatic nitrogens is 1. The highest BCUT2D eigenvalue weighted by Crippen LogP contribution is 2.34. The van der Waals surface area contributed by atoms with Crippen LogP contribution in [-0.2, 0) is 0 Å². The summed E-state index contributed by atoms with van der Waals surface area (Å²) in [5, 5.41) is 1.30. The Bertz CT molecular complexity index is 517. The van der Waals surface area contributed by atoms with Gasteiger partial charge < -0.3 is 10.7 Å². The van der Waals surface area contributed by atoms with Crippen LogP contribution in [0, 0.1) is 5.92 Å². The third-order valence-electron chi connectivity index (χ3n) is 3.93. The van der Waals surface area contributed by atoms with Crippen molar-refractivity contribution in [3.05, 3.63) is 36.0 Å². The molecule has 1 aromatic carbocycles. The fraction of sp³-hybridized carbons (Fsp3) is 0.429. The third-order valence-corrected chi connectivity index (χ3v) is 3.93. The number of rotatable bonds is 2. The molecule has 3 N–H and O–H groups in total. The largest absolute Gasteiger partial charge is 0.361 e. The molecular formula is C14H19N3. The summed E-state index contributed by atoms with van der Waals surface area (Å²) in [6.07, 6.45) is 3.18. The Labute approximate surface area is 102 Å². The Balaban J connectivity index is 1.92. The highest BCUT2D eigenvalue weighted by molar-refractivity contribution is 5.80. The van der Waals surface area contributed by atoms with Gasteiger partial charge in [0.2, 0.25) is 0 Å². The van der Waals surface area contributed by atoms with Crippen LogP contribution in [0.2, 0.25) is 0 Å². The minimum Gasteiger partial charge on any atom is -0.361 e. The van der Waals surface area contributed by atoms with Gasteiger partial charge >= 0.3 is 0 Å². The topological polar surface area (TPSA) is 45.0 Å². The molecular weight excluding hydrogens is 210 g/mol. The zero-order valence-electron chi connectivity index (χ0n) is 10.2. The zero-order chi connectivity index (χ0) is 11.8. The van der Waals surface area contributed by atoms with Crippen LogP contribution < -0.4 is 5.73 Å². The van der Waals surface area contributed by atoms with Crippen LogP contribution in [0.4, 0.5) is 0 Å². The summed E-state index contributed by atoms with van der Waals surface area (Å²) < 4.78 is 0. The molecule has 0 bridgehead atoms. The summed E-state index contributed by atoms with van der Waals surface area (Å²) in [7, 11) is 2.20. The van der Waals surface area contributed by atoms with Crippen molar-refractivity contribution in [2.45, 2.75) is 12.5 Å². The second-order valence-corrected chi connectivity index (χ2v) is 5.12. The Morgan fingerprint density at radius 1 is 1.41 bits per heavy atom. The SMILES string of the molecule is CN1CC(CN)CC1c1ccc2[nH]ccc2c1. The molecule has 3 rings (SSSR count). The number of nitrogens with two attached hydrogens (primary N) is 1. The average Bonchev–Trinajstić information content (AvgIpc) is 2.93. The van der Waals surface area contributed by atoms with E-state index in [1.54, 1.807) is 0 Å². The quantitative estimate of drug-likeness (QED) is 0.828. The molecule has 17 heavy (non-hydrogen) atoms. The lowest BCUT2D eigenvalue weighted by atomic mass is 9.99. The molecule has 1 aliphatic heterocycles. The number of aromatic amines is 1. The Morgan fingerprint density at radius 2 is 2.29 bits per heavy atom. The number of H-pyrrole nitrogens is 1. The molecule has 90 valence electrons. The maximum atomic E-state index is 5.78. The number of nitrogens with zero attached hydrogens (tertiary/aromatic N) is 1. The predicted octanol–water partition coefficient (Wildman–Crippen LogP) is 2.12. The molecule has 2 atom stereocenters. The highest BCUT2D eigenvalue weighted by Gasteiger charge is 2.29. The van der Waals surface area contributed by atoms with E-state index in [-0.39, 0.29) is 0 Å². The van der Waals surface area contributed by atoms with Crippen molar-refractivity contribution in [1.29, 1.82) is 0 Å². The summed E-state index contributed by atoms with van der Waals surface area (Å²) in [4.78, 5) is 5.66. The lowest BCUT2D eigenvalue weighted by Gasteiger charge is -2.19. The molecule has 2 heterocycles. The van der Waals surface area contributed by atoms with Crippen LogP contribution in [0.3, 0.4) is 0 Å². The van der Waals surface area contributed by atoms with E-state index in [9.17, 15) is 0 Å². The molecule has 1 saturated heterocycles. The molecule has 2 unspecified atom stereocenters. The van der Waals surface area contributed by atoms with E-state index in [1.165, 1.54) is 22.9 Å². The van der Waals surface area contributed by atoms with Gasteiger partial charge in [-0.25, -0.2) is 0 Å². The second-order valence-electron chi connectivity index (χ2n) is 5.12. The van der Waals surface area contributed by atoms with E-state index in [0.717, 1.165) is 13.1 Å². The molecule has 3 heteroatoms. The number of benzene rings is 1. The van der Waals surface area contributed by atoms with Crippen LogP contribution in [0.15, 0.2) is 30.5 Å². The minimum atomic E-state index is 0.530. The van der Waals surface area contributed by atoms with Gasteiger partial charge in [-0.3, -0.25) is 4.90 Å². The van der Waals surface area contributed by atoms with Crippen molar-refractivity contribution in [2.75, 3.05) is 20.1 Å². The first-order valence-electron chi connectivity index (χ1n) is 6.25. The van der Waals surface area contributed by atoms with E-state index in [4.69, 9.17) is 5.73 Å². The summed E-state index contributed by atoms with van der Waals surface area (Å²) in [5.74, 6) is 0.645. The molecule has 1 aromatic heterocycles. The van der Waals surface area contributed by atoms with Crippen LogP contribution >= 0.6 is 0 Å². The zero-order valence-corrected chi connectivity index (χ0v) is 10.2. The molecule has 3 nitrogen and oxygen atoms in total. The number of hydrogen-bond donors (Lipinski definition) is 2. The van der Waals surface area contributed by atoms with E-state index in [1.807, 2.05) is 6.20 Å². The van der Waals surface area contributed by atoms with E-state index < -0.39 is 0 Å². The fourth-order valence-corrected chi connectivity index (χ4v) is 2.95. The van der Waals surface area contributed by atoms with E-state index >= 15 is 0 Å². The fourth-order valence-electron chi connectivity index (χ4n) is 2.95. The Morgan fingerprint density at radius 3 is 3.06 bits per heavy atom. The molecule has 0 amide bonds. The summed E-state index contributed by atoms with van der Waals surface area (Å²) in [6, 6.07) is 9.37. The van der Waals surface area contributed by atoms with Crippen molar-refractivity contribution < 1.29 is 0 Å². The number of fused-ring (bicyclic) bond motifs is 1. The number of hydrogen-bond acceptors (Lipinski definition) is 2. The lowest BCUT2D eigenvalue weighted by molar-refractivity contribution is 0.314. The van der Waals surface area contributed by atoms with Crippen LogP contribution in [0.25, 0.3) is 10.9 Å². The first-order valence-corrected chi connectivity index (χ1v) is 6.25. The van der Waals surface area contributed by atoms with Gasteiger partial charge in [-0.1, -0.05) is 6.07 Å². The molecule has 2 aromatic rings. The molecule has 0 spiro atoms. The first kappa shape index (κ1) is 10.8. The van der Waals surface area contributed by atoms with Gasteiger partial charge in [-0.15, -0.1) is 0 Å². The Hall–Kier alpha value is -1.32. The predicted molar refractivity (Wildman–Crippen MR) is 70.8 cm³/mol. The first-order chi connectivity index (χ1) is 8.28. The normalized spacial score (nSPS) is 25.8. The van der Waals surface area contributed by atoms with Crippen molar-refractivity contribution in [2.24, 2.45) is 11.7 Å². The molecule has 0 radical (unpaired) electrons. The smallest absolute Gasteiger partial charge is 0.0454 e. The van der Waals surface area contributed by atoms with Gasteiger partial charge in [0.05, 0.1) is 0 Å². The monoisotopic (exact) mass is 229 g/mol. The highest BCUT2D eigenvalue weighted by atomic mass is 15.2. The standard InChI is InChI=1S/C14H19N3/c1-17-9-10(8-15)6-14(17)12-2-3-13-11(7-12)4-5-16-13/h2-5,7,10,14,16H,6,8-9,15H2,1H3. The molecule has 1 fully saturated rings. The van der Waals surface area contributed by atoms with E-state index in [2.05, 4.69) is 41.2 Å². The van der Waals surface area contributed by atoms with Gasteiger partial charge in [0.25, 0.3) is 0 Å². The van der Waals surface area contributed by atoms with E-state index in [0.29, 0.717) is 12.0 Å². The van der Waals surface area contributed by atoms with Gasteiger partial charge in [-0.2, -0.15) is 0 Å². The molecule has 0 saturated carbocycles. The average molecular weight is 229 g/mol. The summed E-state index contributed by atoms with van der Waals surface area (Å²) >= 11 is 0.